The number of carbonyl (C=O) groups is 1. The summed E-state index contributed by atoms with van der Waals surface area (Å²) in [6, 6.07) is 4.33. The van der Waals surface area contributed by atoms with Crippen molar-refractivity contribution in [2.45, 2.75) is 25.9 Å². The van der Waals surface area contributed by atoms with E-state index in [9.17, 15) is 23.1 Å². The van der Waals surface area contributed by atoms with Crippen molar-refractivity contribution < 1.29 is 27.6 Å². The Morgan fingerprint density at radius 1 is 1.33 bits per heavy atom. The van der Waals surface area contributed by atoms with E-state index in [2.05, 4.69) is 5.16 Å². The second-order valence-electron chi connectivity index (χ2n) is 4.81. The molecule has 1 aromatic heterocycles. The predicted octanol–water partition coefficient (Wildman–Crippen LogP) is 4.18. The van der Waals surface area contributed by atoms with Crippen molar-refractivity contribution in [2.24, 2.45) is 0 Å². The van der Waals surface area contributed by atoms with Crippen LogP contribution in [-0.4, -0.2) is 16.2 Å². The fourth-order valence-electron chi connectivity index (χ4n) is 1.94. The highest BCUT2D eigenvalue weighted by Gasteiger charge is 2.32. The van der Waals surface area contributed by atoms with Crippen molar-refractivity contribution in [3.63, 3.8) is 0 Å². The molecule has 4 nitrogen and oxygen atoms in total. The smallest absolute Gasteiger partial charge is 0.416 e. The lowest BCUT2D eigenvalue weighted by atomic mass is 10.00. The molecule has 0 amide bonds. The molecule has 0 fully saturated rings. The Labute approximate surface area is 118 Å². The van der Waals surface area contributed by atoms with E-state index in [0.29, 0.717) is 0 Å². The summed E-state index contributed by atoms with van der Waals surface area (Å²) in [5.74, 6) is -1.40. The molecule has 0 aliphatic carbocycles. The number of aromatic carboxylic acids is 1. The number of carboxylic acids is 1. The van der Waals surface area contributed by atoms with Crippen molar-refractivity contribution in [2.75, 3.05) is 0 Å². The lowest BCUT2D eigenvalue weighted by molar-refractivity contribution is -0.137. The van der Waals surface area contributed by atoms with Crippen LogP contribution in [0.2, 0.25) is 0 Å². The van der Waals surface area contributed by atoms with Gasteiger partial charge in [-0.15, -0.1) is 0 Å². The lowest BCUT2D eigenvalue weighted by Crippen LogP contribution is -2.06. The molecule has 0 atom stereocenters. The van der Waals surface area contributed by atoms with Gasteiger partial charge in [0.1, 0.15) is 11.3 Å². The Bertz CT molecular complexity index is 674. The first kappa shape index (κ1) is 15.1. The summed E-state index contributed by atoms with van der Waals surface area (Å²) in [7, 11) is 0. The highest BCUT2D eigenvalue weighted by molar-refractivity contribution is 5.96. The Balaban J connectivity index is 2.60. The maximum atomic E-state index is 12.7. The van der Waals surface area contributed by atoms with Crippen LogP contribution >= 0.6 is 0 Å². The zero-order valence-corrected chi connectivity index (χ0v) is 11.2. The van der Waals surface area contributed by atoms with E-state index in [1.807, 2.05) is 0 Å². The molecule has 1 aromatic carbocycles. The Kier molecular flexibility index (Phi) is 3.76. The minimum absolute atomic E-state index is 0.0536. The molecule has 0 aliphatic rings. The molecular formula is C14H12F3NO3. The molecule has 0 spiro atoms. The van der Waals surface area contributed by atoms with Gasteiger partial charge < -0.3 is 9.63 Å². The number of nitrogens with zero attached hydrogens (tertiary/aromatic N) is 1. The molecule has 0 aliphatic heterocycles. The van der Waals surface area contributed by atoms with E-state index in [1.54, 1.807) is 13.8 Å². The van der Waals surface area contributed by atoms with Crippen molar-refractivity contribution >= 4 is 5.97 Å². The first-order valence-corrected chi connectivity index (χ1v) is 6.12. The molecule has 0 saturated heterocycles. The molecule has 0 bridgehead atoms. The van der Waals surface area contributed by atoms with E-state index in [-0.39, 0.29) is 28.5 Å². The zero-order valence-electron chi connectivity index (χ0n) is 11.2. The monoisotopic (exact) mass is 299 g/mol. The summed E-state index contributed by atoms with van der Waals surface area (Å²) in [6.45, 7) is 3.42. The van der Waals surface area contributed by atoms with E-state index >= 15 is 0 Å². The van der Waals surface area contributed by atoms with E-state index in [0.717, 1.165) is 12.1 Å². The molecule has 2 aromatic rings. The first-order valence-electron chi connectivity index (χ1n) is 6.12. The van der Waals surface area contributed by atoms with Crippen LogP contribution in [-0.2, 0) is 6.18 Å². The minimum atomic E-state index is -4.51. The number of benzene rings is 1. The average Bonchev–Trinajstić information content (AvgIpc) is 2.82. The molecule has 2 rings (SSSR count). The van der Waals surface area contributed by atoms with Gasteiger partial charge in [-0.1, -0.05) is 31.1 Å². The van der Waals surface area contributed by atoms with E-state index < -0.39 is 17.7 Å². The van der Waals surface area contributed by atoms with E-state index in [4.69, 9.17) is 4.52 Å². The summed E-state index contributed by atoms with van der Waals surface area (Å²) in [4.78, 5) is 11.3. The third-order valence-corrected chi connectivity index (χ3v) is 2.92. The van der Waals surface area contributed by atoms with Gasteiger partial charge in [0.15, 0.2) is 5.76 Å². The van der Waals surface area contributed by atoms with Crippen LogP contribution < -0.4 is 0 Å². The third kappa shape index (κ3) is 2.91. The zero-order chi connectivity index (χ0) is 15.8. The summed E-state index contributed by atoms with van der Waals surface area (Å²) in [5.41, 5.74) is -1.12. The number of aromatic nitrogens is 1. The molecule has 112 valence electrons. The Morgan fingerprint density at radius 2 is 2.00 bits per heavy atom. The maximum absolute atomic E-state index is 12.7. The van der Waals surface area contributed by atoms with Gasteiger partial charge in [0.2, 0.25) is 0 Å². The van der Waals surface area contributed by atoms with Gasteiger partial charge in [-0.3, -0.25) is 0 Å². The summed E-state index contributed by atoms with van der Waals surface area (Å²) < 4.78 is 43.1. The standard InChI is InChI=1S/C14H12F3NO3/c1-7(2)12-10(13(19)20)11(18-21-12)8-4-3-5-9(6-8)14(15,16)17/h3-7H,1-2H3,(H,19,20). The number of halogens is 3. The van der Waals surface area contributed by atoms with Crippen LogP contribution in [0.1, 0.15) is 41.4 Å². The predicted molar refractivity (Wildman–Crippen MR) is 68.0 cm³/mol. The molecule has 0 radical (unpaired) electrons. The van der Waals surface area contributed by atoms with Gasteiger partial charge in [-0.25, -0.2) is 4.79 Å². The largest absolute Gasteiger partial charge is 0.477 e. The highest BCUT2D eigenvalue weighted by atomic mass is 19.4. The summed E-state index contributed by atoms with van der Waals surface area (Å²) in [6.07, 6.45) is -4.51. The third-order valence-electron chi connectivity index (χ3n) is 2.92. The van der Waals surface area contributed by atoms with Crippen LogP contribution in [0.5, 0.6) is 0 Å². The molecular weight excluding hydrogens is 287 g/mol. The minimum Gasteiger partial charge on any atom is -0.477 e. The second-order valence-corrected chi connectivity index (χ2v) is 4.81. The number of hydrogen-bond donors (Lipinski definition) is 1. The normalized spacial score (nSPS) is 11.9. The fraction of sp³-hybridized carbons (Fsp3) is 0.286. The molecule has 7 heteroatoms. The summed E-state index contributed by atoms with van der Waals surface area (Å²) in [5, 5.41) is 12.9. The lowest BCUT2D eigenvalue weighted by Gasteiger charge is -2.08. The first-order chi connectivity index (χ1) is 9.71. The van der Waals surface area contributed by atoms with Gasteiger partial charge in [0.25, 0.3) is 0 Å². The van der Waals surface area contributed by atoms with Crippen molar-refractivity contribution in [3.8, 4) is 11.3 Å². The molecule has 1 heterocycles. The van der Waals surface area contributed by atoms with Gasteiger partial charge in [-0.2, -0.15) is 13.2 Å². The number of rotatable bonds is 3. The van der Waals surface area contributed by atoms with Gasteiger partial charge in [0, 0.05) is 11.5 Å². The van der Waals surface area contributed by atoms with E-state index in [1.165, 1.54) is 12.1 Å². The molecule has 1 N–H and O–H groups in total. The van der Waals surface area contributed by atoms with Crippen LogP contribution in [0.25, 0.3) is 11.3 Å². The quantitative estimate of drug-likeness (QED) is 0.923. The van der Waals surface area contributed by atoms with Crippen LogP contribution in [0.15, 0.2) is 28.8 Å². The highest BCUT2D eigenvalue weighted by Crippen LogP contribution is 2.34. The Morgan fingerprint density at radius 3 is 2.52 bits per heavy atom. The number of alkyl halides is 3. The van der Waals surface area contributed by atoms with Crippen LogP contribution in [0, 0.1) is 0 Å². The van der Waals surface area contributed by atoms with Crippen molar-refractivity contribution in [1.29, 1.82) is 0 Å². The van der Waals surface area contributed by atoms with Crippen LogP contribution in [0.3, 0.4) is 0 Å². The van der Waals surface area contributed by atoms with Crippen molar-refractivity contribution in [1.82, 2.24) is 5.16 Å². The molecule has 21 heavy (non-hydrogen) atoms. The second kappa shape index (κ2) is 5.23. The average molecular weight is 299 g/mol. The van der Waals surface area contributed by atoms with Gasteiger partial charge in [0.05, 0.1) is 5.56 Å². The van der Waals surface area contributed by atoms with Crippen molar-refractivity contribution in [3.05, 3.63) is 41.2 Å². The SMILES string of the molecule is CC(C)c1onc(-c2cccc(C(F)(F)F)c2)c1C(=O)O. The number of carboxylic acid groups (broad SMARTS) is 1. The van der Waals surface area contributed by atoms with Gasteiger partial charge in [-0.05, 0) is 12.1 Å². The van der Waals surface area contributed by atoms with Crippen LogP contribution in [0.4, 0.5) is 13.2 Å². The maximum Gasteiger partial charge on any atom is 0.416 e. The molecule has 0 unspecified atom stereocenters. The molecule has 0 saturated carbocycles. The summed E-state index contributed by atoms with van der Waals surface area (Å²) >= 11 is 0. The Hall–Kier alpha value is -2.31. The fourth-order valence-corrected chi connectivity index (χ4v) is 1.94. The topological polar surface area (TPSA) is 63.3 Å². The van der Waals surface area contributed by atoms with Gasteiger partial charge >= 0.3 is 12.1 Å². The number of hydrogen-bond acceptors (Lipinski definition) is 3.